The number of fused-ring (bicyclic) bond motifs is 6. The van der Waals surface area contributed by atoms with E-state index < -0.39 is 0 Å². The molecule has 3 nitrogen and oxygen atoms in total. The molecule has 0 unspecified atom stereocenters. The first kappa shape index (κ1) is 31.1. The van der Waals surface area contributed by atoms with E-state index in [9.17, 15) is 0 Å². The summed E-state index contributed by atoms with van der Waals surface area (Å²) in [4.78, 5) is 15.5. The largest absolute Gasteiger partial charge is 0.208 e. The van der Waals surface area contributed by atoms with Crippen molar-refractivity contribution in [2.24, 2.45) is 0 Å². The van der Waals surface area contributed by atoms with Crippen LogP contribution in [-0.2, 0) is 5.41 Å². The highest BCUT2D eigenvalue weighted by atomic mass is 15.0. The maximum atomic E-state index is 5.25. The Morgan fingerprint density at radius 3 is 1.40 bits per heavy atom. The van der Waals surface area contributed by atoms with Gasteiger partial charge in [-0.25, -0.2) is 15.0 Å². The molecule has 0 aliphatic heterocycles. The lowest BCUT2D eigenvalue weighted by Crippen LogP contribution is -2.14. The van der Waals surface area contributed by atoms with E-state index >= 15 is 0 Å². The van der Waals surface area contributed by atoms with Crippen molar-refractivity contribution in [2.45, 2.75) is 19.3 Å². The number of rotatable bonds is 5. The van der Waals surface area contributed by atoms with E-state index in [1.165, 1.54) is 44.2 Å². The van der Waals surface area contributed by atoms with Crippen LogP contribution in [0.4, 0.5) is 0 Å². The van der Waals surface area contributed by atoms with E-state index in [1.54, 1.807) is 0 Å². The van der Waals surface area contributed by atoms with Crippen LogP contribution in [0.1, 0.15) is 25.0 Å². The monoisotopic (exact) mass is 677 g/mol. The van der Waals surface area contributed by atoms with Crippen LogP contribution in [-0.4, -0.2) is 15.0 Å². The SMILES string of the molecule is CC1(C)c2ccccc2-c2ccc(-c3ccc(-c4c(-c5nc(-c6ccccc6)nc(-c6ccccc6)n5)c5ccccc5c5ccccc45)cc3)cc21. The molecule has 53 heavy (non-hydrogen) atoms. The van der Waals surface area contributed by atoms with E-state index in [0.717, 1.165) is 38.6 Å². The number of benzene rings is 8. The fourth-order valence-electron chi connectivity index (χ4n) is 8.31. The average molecular weight is 678 g/mol. The van der Waals surface area contributed by atoms with Gasteiger partial charge >= 0.3 is 0 Å². The van der Waals surface area contributed by atoms with Crippen molar-refractivity contribution in [3.63, 3.8) is 0 Å². The zero-order valence-electron chi connectivity index (χ0n) is 29.6. The quantitative estimate of drug-likeness (QED) is 0.170. The Morgan fingerprint density at radius 2 is 0.774 bits per heavy atom. The second-order valence-electron chi connectivity index (χ2n) is 14.4. The molecular formula is C50H35N3. The van der Waals surface area contributed by atoms with Gasteiger partial charge in [0.2, 0.25) is 0 Å². The summed E-state index contributed by atoms with van der Waals surface area (Å²) in [6.07, 6.45) is 0. The van der Waals surface area contributed by atoms with Crippen LogP contribution in [0.2, 0.25) is 0 Å². The third-order valence-electron chi connectivity index (χ3n) is 10.9. The van der Waals surface area contributed by atoms with Crippen LogP contribution >= 0.6 is 0 Å². The molecule has 0 atom stereocenters. The predicted molar refractivity (Wildman–Crippen MR) is 220 cm³/mol. The van der Waals surface area contributed by atoms with E-state index in [4.69, 9.17) is 15.0 Å². The highest BCUT2D eigenvalue weighted by molar-refractivity contribution is 6.21. The van der Waals surface area contributed by atoms with Gasteiger partial charge in [-0.05, 0) is 66.6 Å². The maximum Gasteiger partial charge on any atom is 0.165 e. The van der Waals surface area contributed by atoms with Gasteiger partial charge in [-0.3, -0.25) is 0 Å². The minimum atomic E-state index is -0.0530. The minimum Gasteiger partial charge on any atom is -0.208 e. The molecule has 1 aliphatic rings. The molecule has 9 aromatic rings. The molecule has 0 radical (unpaired) electrons. The summed E-state index contributed by atoms with van der Waals surface area (Å²) in [6.45, 7) is 4.68. The summed E-state index contributed by atoms with van der Waals surface area (Å²) < 4.78 is 0. The Labute approximate surface area is 309 Å². The van der Waals surface area contributed by atoms with Gasteiger partial charge in [0.15, 0.2) is 17.5 Å². The third-order valence-corrected chi connectivity index (χ3v) is 10.9. The molecule has 8 aromatic carbocycles. The lowest BCUT2D eigenvalue weighted by atomic mass is 9.81. The fourth-order valence-corrected chi connectivity index (χ4v) is 8.31. The molecule has 250 valence electrons. The zero-order chi connectivity index (χ0) is 35.5. The van der Waals surface area contributed by atoms with Crippen molar-refractivity contribution in [2.75, 3.05) is 0 Å². The molecule has 0 amide bonds. The zero-order valence-corrected chi connectivity index (χ0v) is 29.6. The summed E-state index contributed by atoms with van der Waals surface area (Å²) in [5.41, 5.74) is 12.9. The van der Waals surface area contributed by atoms with Crippen molar-refractivity contribution in [1.82, 2.24) is 15.0 Å². The van der Waals surface area contributed by atoms with Gasteiger partial charge in [0.1, 0.15) is 0 Å². The van der Waals surface area contributed by atoms with Crippen molar-refractivity contribution < 1.29 is 0 Å². The first-order valence-electron chi connectivity index (χ1n) is 18.2. The van der Waals surface area contributed by atoms with E-state index in [1.807, 2.05) is 36.4 Å². The van der Waals surface area contributed by atoms with Gasteiger partial charge < -0.3 is 0 Å². The second kappa shape index (κ2) is 12.2. The Kier molecular flexibility index (Phi) is 7.16. The molecule has 0 bridgehead atoms. The standard InChI is InChI=1S/C50H35N3/c1-50(2)43-24-14-13-21-39(43)40-30-29-36(31-44(40)50)32-25-27-33(28-26-32)45-41-22-11-9-19-37(41)38-20-10-12-23-42(38)46(45)49-52-47(34-15-5-3-6-16-34)51-48(53-49)35-17-7-4-8-18-35/h3-31H,1-2H3. The first-order chi connectivity index (χ1) is 26.0. The Hall–Kier alpha value is -6.71. The molecule has 1 heterocycles. The van der Waals surface area contributed by atoms with Crippen molar-refractivity contribution in [3.8, 4) is 67.5 Å². The van der Waals surface area contributed by atoms with E-state index in [0.29, 0.717) is 17.5 Å². The average Bonchev–Trinajstić information content (AvgIpc) is 3.46. The summed E-state index contributed by atoms with van der Waals surface area (Å²) in [5.74, 6) is 1.95. The molecule has 1 aromatic heterocycles. The topological polar surface area (TPSA) is 38.7 Å². The number of nitrogens with zero attached hydrogens (tertiary/aromatic N) is 3. The number of aromatic nitrogens is 3. The minimum absolute atomic E-state index is 0.0530. The first-order valence-corrected chi connectivity index (χ1v) is 18.2. The summed E-state index contributed by atoms with van der Waals surface area (Å²) in [6, 6.07) is 62.6. The molecular weight excluding hydrogens is 643 g/mol. The lowest BCUT2D eigenvalue weighted by molar-refractivity contribution is 0.660. The summed E-state index contributed by atoms with van der Waals surface area (Å²) in [7, 11) is 0. The molecule has 10 rings (SSSR count). The Bertz CT molecular complexity index is 2780. The third kappa shape index (κ3) is 5.08. The smallest absolute Gasteiger partial charge is 0.165 e. The highest BCUT2D eigenvalue weighted by Crippen LogP contribution is 2.50. The van der Waals surface area contributed by atoms with Crippen LogP contribution in [0.3, 0.4) is 0 Å². The molecule has 0 saturated heterocycles. The highest BCUT2D eigenvalue weighted by Gasteiger charge is 2.35. The van der Waals surface area contributed by atoms with Crippen molar-refractivity contribution >= 4 is 21.5 Å². The molecule has 0 N–H and O–H groups in total. The van der Waals surface area contributed by atoms with Gasteiger partial charge in [-0.1, -0.05) is 184 Å². The van der Waals surface area contributed by atoms with Crippen LogP contribution < -0.4 is 0 Å². The van der Waals surface area contributed by atoms with Crippen LogP contribution in [0.15, 0.2) is 176 Å². The van der Waals surface area contributed by atoms with Crippen molar-refractivity contribution in [1.29, 1.82) is 0 Å². The molecule has 0 spiro atoms. The summed E-state index contributed by atoms with van der Waals surface area (Å²) >= 11 is 0. The van der Waals surface area contributed by atoms with Gasteiger partial charge in [-0.15, -0.1) is 0 Å². The van der Waals surface area contributed by atoms with E-state index in [2.05, 4.69) is 153 Å². The van der Waals surface area contributed by atoms with Gasteiger partial charge in [-0.2, -0.15) is 0 Å². The van der Waals surface area contributed by atoms with Crippen LogP contribution in [0.25, 0.3) is 89.1 Å². The Balaban J connectivity index is 1.19. The van der Waals surface area contributed by atoms with Gasteiger partial charge in [0.25, 0.3) is 0 Å². The molecule has 3 heteroatoms. The molecule has 0 saturated carbocycles. The lowest BCUT2D eigenvalue weighted by Gasteiger charge is -2.22. The van der Waals surface area contributed by atoms with Crippen LogP contribution in [0.5, 0.6) is 0 Å². The fraction of sp³-hybridized carbons (Fsp3) is 0.0600. The molecule has 1 aliphatic carbocycles. The number of hydrogen-bond acceptors (Lipinski definition) is 3. The van der Waals surface area contributed by atoms with Crippen molar-refractivity contribution in [3.05, 3.63) is 187 Å². The molecule has 0 fully saturated rings. The Morgan fingerprint density at radius 1 is 0.321 bits per heavy atom. The second-order valence-corrected chi connectivity index (χ2v) is 14.4. The van der Waals surface area contributed by atoms with Crippen LogP contribution in [0, 0.1) is 0 Å². The van der Waals surface area contributed by atoms with E-state index in [-0.39, 0.29) is 5.41 Å². The summed E-state index contributed by atoms with van der Waals surface area (Å²) in [5, 5.41) is 4.64. The van der Waals surface area contributed by atoms with Gasteiger partial charge in [0, 0.05) is 27.7 Å². The maximum absolute atomic E-state index is 5.25. The predicted octanol–water partition coefficient (Wildman–Crippen LogP) is 12.8. The number of hydrogen-bond donors (Lipinski definition) is 0. The van der Waals surface area contributed by atoms with Gasteiger partial charge in [0.05, 0.1) is 0 Å². The normalized spacial score (nSPS) is 12.9.